The first-order valence-corrected chi connectivity index (χ1v) is 6.52. The molecule has 0 fully saturated rings. The normalized spacial score (nSPS) is 14.7. The first-order valence-electron chi connectivity index (χ1n) is 5.58. The topological polar surface area (TPSA) is 46.5 Å². The second-order valence-corrected chi connectivity index (χ2v) is 5.13. The van der Waals surface area contributed by atoms with Crippen molar-refractivity contribution < 1.29 is 14.6 Å². The maximum absolute atomic E-state index is 11.6. The average Bonchev–Trinajstić information content (AvgIpc) is 2.18. The van der Waals surface area contributed by atoms with Gasteiger partial charge in [0.1, 0.15) is 5.25 Å². The summed E-state index contributed by atoms with van der Waals surface area (Å²) in [6.45, 7) is 6.53. The van der Waals surface area contributed by atoms with Crippen LogP contribution in [0.15, 0.2) is 0 Å². The highest BCUT2D eigenvalue weighted by Gasteiger charge is 2.21. The predicted octanol–water partition coefficient (Wildman–Crippen LogP) is 2.22. The number of carbonyl (C=O) groups is 1. The fourth-order valence-corrected chi connectivity index (χ4v) is 2.62. The minimum Gasteiger partial charge on any atom is -0.465 e. The van der Waals surface area contributed by atoms with Crippen LogP contribution in [0.1, 0.15) is 40.0 Å². The van der Waals surface area contributed by atoms with Gasteiger partial charge in [-0.25, -0.2) is 0 Å². The van der Waals surface area contributed by atoms with Crippen molar-refractivity contribution in [3.8, 4) is 0 Å². The summed E-state index contributed by atoms with van der Waals surface area (Å²) < 4.78 is 5.01. The minimum atomic E-state index is -0.117. The molecule has 0 bridgehead atoms. The monoisotopic (exact) mass is 234 g/mol. The van der Waals surface area contributed by atoms with E-state index >= 15 is 0 Å². The van der Waals surface area contributed by atoms with Crippen molar-refractivity contribution in [2.24, 2.45) is 0 Å². The Morgan fingerprint density at radius 3 is 2.53 bits per heavy atom. The lowest BCUT2D eigenvalue weighted by Gasteiger charge is -2.18. The Balaban J connectivity index is 4.07. The van der Waals surface area contributed by atoms with Gasteiger partial charge >= 0.3 is 5.97 Å². The summed E-state index contributed by atoms with van der Waals surface area (Å²) in [5.74, 6) is -0.117. The van der Waals surface area contributed by atoms with E-state index in [-0.39, 0.29) is 17.8 Å². The number of ether oxygens (including phenoxy) is 1. The third-order valence-electron chi connectivity index (χ3n) is 2.03. The number of aliphatic hydroxyl groups excluding tert-OH is 1. The van der Waals surface area contributed by atoms with E-state index in [0.29, 0.717) is 11.9 Å². The summed E-state index contributed by atoms with van der Waals surface area (Å²) in [6, 6.07) is 0. The highest BCUT2D eigenvalue weighted by atomic mass is 32.2. The van der Waals surface area contributed by atoms with Gasteiger partial charge in [-0.15, -0.1) is 11.8 Å². The zero-order chi connectivity index (χ0) is 11.7. The molecule has 0 aromatic carbocycles. The Labute approximate surface area is 96.6 Å². The van der Waals surface area contributed by atoms with Crippen LogP contribution in [-0.4, -0.2) is 34.8 Å². The summed E-state index contributed by atoms with van der Waals surface area (Å²) in [6.07, 6.45) is 2.55. The molecule has 0 heterocycles. The van der Waals surface area contributed by atoms with Crippen LogP contribution in [-0.2, 0) is 9.53 Å². The van der Waals surface area contributed by atoms with Crippen LogP contribution in [0.4, 0.5) is 0 Å². The lowest BCUT2D eigenvalue weighted by Crippen LogP contribution is -2.22. The van der Waals surface area contributed by atoms with Gasteiger partial charge in [-0.2, -0.15) is 0 Å². The smallest absolute Gasteiger partial charge is 0.319 e. The highest BCUT2D eigenvalue weighted by Crippen LogP contribution is 2.24. The van der Waals surface area contributed by atoms with Gasteiger partial charge in [-0.05, 0) is 19.8 Å². The van der Waals surface area contributed by atoms with E-state index in [1.165, 1.54) is 0 Å². The number of hydrogen-bond acceptors (Lipinski definition) is 4. The Kier molecular flexibility index (Phi) is 8.91. The molecule has 0 aliphatic carbocycles. The highest BCUT2D eigenvalue weighted by molar-refractivity contribution is 8.01. The van der Waals surface area contributed by atoms with Crippen LogP contribution < -0.4 is 0 Å². The van der Waals surface area contributed by atoms with Gasteiger partial charge in [-0.1, -0.05) is 20.3 Å². The van der Waals surface area contributed by atoms with Crippen LogP contribution in [0.2, 0.25) is 0 Å². The van der Waals surface area contributed by atoms with Crippen molar-refractivity contribution in [1.82, 2.24) is 0 Å². The maximum Gasteiger partial charge on any atom is 0.319 e. The molecule has 2 atom stereocenters. The predicted molar refractivity (Wildman–Crippen MR) is 64.1 cm³/mol. The molecule has 0 saturated carbocycles. The van der Waals surface area contributed by atoms with Crippen LogP contribution in [0.3, 0.4) is 0 Å². The fourth-order valence-electron chi connectivity index (χ4n) is 1.27. The second-order valence-electron chi connectivity index (χ2n) is 3.49. The lowest BCUT2D eigenvalue weighted by atomic mass is 10.2. The zero-order valence-electron chi connectivity index (χ0n) is 9.86. The maximum atomic E-state index is 11.6. The standard InChI is InChI=1S/C11H22O3S/c1-4-6-10(11(13)14-5-2)15-9(3)7-8-12/h9-10,12H,4-8H2,1-3H3. The van der Waals surface area contributed by atoms with Crippen molar-refractivity contribution in [2.75, 3.05) is 13.2 Å². The van der Waals surface area contributed by atoms with E-state index < -0.39 is 0 Å². The van der Waals surface area contributed by atoms with Crippen LogP contribution in [0.25, 0.3) is 0 Å². The van der Waals surface area contributed by atoms with Gasteiger partial charge in [-0.3, -0.25) is 4.79 Å². The molecule has 0 amide bonds. The van der Waals surface area contributed by atoms with Crippen molar-refractivity contribution in [2.45, 2.75) is 50.5 Å². The molecule has 2 unspecified atom stereocenters. The summed E-state index contributed by atoms with van der Waals surface area (Å²) in [5.41, 5.74) is 0. The molecule has 0 saturated heterocycles. The van der Waals surface area contributed by atoms with Gasteiger partial charge < -0.3 is 9.84 Å². The Morgan fingerprint density at radius 1 is 1.40 bits per heavy atom. The van der Waals surface area contributed by atoms with E-state index in [9.17, 15) is 4.79 Å². The molecule has 0 aliphatic rings. The number of aliphatic hydroxyl groups is 1. The molecule has 0 aliphatic heterocycles. The van der Waals surface area contributed by atoms with Crippen molar-refractivity contribution >= 4 is 17.7 Å². The molecule has 15 heavy (non-hydrogen) atoms. The van der Waals surface area contributed by atoms with Crippen molar-refractivity contribution in [1.29, 1.82) is 0 Å². The fraction of sp³-hybridized carbons (Fsp3) is 0.909. The quantitative estimate of drug-likeness (QED) is 0.654. The Bertz CT molecular complexity index is 173. The lowest BCUT2D eigenvalue weighted by molar-refractivity contribution is -0.142. The van der Waals surface area contributed by atoms with E-state index in [2.05, 4.69) is 6.92 Å². The van der Waals surface area contributed by atoms with E-state index in [0.717, 1.165) is 19.3 Å². The molecule has 0 aromatic heterocycles. The number of thioether (sulfide) groups is 1. The number of carbonyl (C=O) groups excluding carboxylic acids is 1. The number of esters is 1. The SMILES string of the molecule is CCCC(SC(C)CCO)C(=O)OCC. The Hall–Kier alpha value is -0.220. The molecule has 0 aromatic rings. The first kappa shape index (κ1) is 14.8. The number of rotatable bonds is 8. The zero-order valence-corrected chi connectivity index (χ0v) is 10.7. The van der Waals surface area contributed by atoms with Crippen molar-refractivity contribution in [3.63, 3.8) is 0 Å². The summed E-state index contributed by atoms with van der Waals surface area (Å²) in [7, 11) is 0. The average molecular weight is 234 g/mol. The molecular weight excluding hydrogens is 212 g/mol. The second kappa shape index (κ2) is 9.04. The molecule has 4 heteroatoms. The van der Waals surface area contributed by atoms with Gasteiger partial charge in [0.15, 0.2) is 0 Å². The molecule has 3 nitrogen and oxygen atoms in total. The summed E-state index contributed by atoms with van der Waals surface area (Å²) in [4.78, 5) is 11.6. The molecular formula is C11H22O3S. The van der Waals surface area contributed by atoms with Crippen LogP contribution in [0, 0.1) is 0 Å². The van der Waals surface area contributed by atoms with Crippen LogP contribution in [0.5, 0.6) is 0 Å². The molecule has 0 radical (unpaired) electrons. The van der Waals surface area contributed by atoms with E-state index in [1.807, 2.05) is 13.8 Å². The van der Waals surface area contributed by atoms with E-state index in [4.69, 9.17) is 9.84 Å². The van der Waals surface area contributed by atoms with Gasteiger partial charge in [0.25, 0.3) is 0 Å². The first-order chi connectivity index (χ1) is 7.15. The van der Waals surface area contributed by atoms with Crippen molar-refractivity contribution in [3.05, 3.63) is 0 Å². The van der Waals surface area contributed by atoms with Gasteiger partial charge in [0.05, 0.1) is 6.61 Å². The van der Waals surface area contributed by atoms with Crippen LogP contribution >= 0.6 is 11.8 Å². The summed E-state index contributed by atoms with van der Waals surface area (Å²) >= 11 is 1.61. The van der Waals surface area contributed by atoms with Gasteiger partial charge in [0, 0.05) is 11.9 Å². The summed E-state index contributed by atoms with van der Waals surface area (Å²) in [5, 5.41) is 9.02. The molecule has 1 N–H and O–H groups in total. The molecule has 0 spiro atoms. The third-order valence-corrected chi connectivity index (χ3v) is 3.49. The number of hydrogen-bond donors (Lipinski definition) is 1. The van der Waals surface area contributed by atoms with E-state index in [1.54, 1.807) is 11.8 Å². The third kappa shape index (κ3) is 6.79. The minimum absolute atomic E-state index is 0.0727. The largest absolute Gasteiger partial charge is 0.465 e. The molecule has 0 rings (SSSR count). The van der Waals surface area contributed by atoms with Gasteiger partial charge in [0.2, 0.25) is 0 Å². The Morgan fingerprint density at radius 2 is 2.07 bits per heavy atom. The molecule has 90 valence electrons.